The average molecular weight is 414 g/mol. The topological polar surface area (TPSA) is 61.4 Å². The number of rotatable bonds is 5. The van der Waals surface area contributed by atoms with Gasteiger partial charge in [-0.3, -0.25) is 9.59 Å². The van der Waals surface area contributed by atoms with Gasteiger partial charge in [0.25, 0.3) is 0 Å². The lowest BCUT2D eigenvalue weighted by molar-refractivity contribution is -0.136. The van der Waals surface area contributed by atoms with Gasteiger partial charge in [-0.25, -0.2) is 0 Å². The Hall–Kier alpha value is -3.60. The van der Waals surface area contributed by atoms with Gasteiger partial charge in [0.05, 0.1) is 6.04 Å². The Labute approximate surface area is 183 Å². The second-order valence-corrected chi connectivity index (χ2v) is 7.78. The monoisotopic (exact) mass is 413 g/mol. The highest BCUT2D eigenvalue weighted by Gasteiger charge is 2.21. The normalized spacial score (nSPS) is 13.6. The minimum absolute atomic E-state index is 0.401. The first kappa shape index (κ1) is 20.7. The third-order valence-corrected chi connectivity index (χ3v) is 5.59. The summed E-state index contributed by atoms with van der Waals surface area (Å²) in [4.78, 5) is 27.6. The van der Waals surface area contributed by atoms with Crippen molar-refractivity contribution in [2.45, 2.75) is 25.3 Å². The van der Waals surface area contributed by atoms with Crippen molar-refractivity contribution >= 4 is 23.2 Å². The fourth-order valence-electron chi connectivity index (χ4n) is 3.94. The molecule has 0 unspecified atom stereocenters. The highest BCUT2D eigenvalue weighted by molar-refractivity contribution is 6.39. The molecule has 4 rings (SSSR count). The van der Waals surface area contributed by atoms with Crippen LogP contribution < -0.4 is 15.5 Å². The van der Waals surface area contributed by atoms with Gasteiger partial charge in [-0.15, -0.1) is 0 Å². The maximum atomic E-state index is 12.7. The van der Waals surface area contributed by atoms with Crippen molar-refractivity contribution in [3.8, 4) is 0 Å². The third kappa shape index (κ3) is 5.31. The maximum absolute atomic E-state index is 12.7. The number of amides is 2. The predicted molar refractivity (Wildman–Crippen MR) is 124 cm³/mol. The Kier molecular flexibility index (Phi) is 6.62. The highest BCUT2D eigenvalue weighted by Crippen LogP contribution is 2.23. The van der Waals surface area contributed by atoms with Crippen LogP contribution in [0.1, 0.15) is 36.4 Å². The first-order chi connectivity index (χ1) is 15.2. The smallest absolute Gasteiger partial charge is 0.313 e. The fraction of sp³-hybridized carbons (Fsp3) is 0.231. The van der Waals surface area contributed by atoms with Crippen LogP contribution in [0.25, 0.3) is 0 Å². The van der Waals surface area contributed by atoms with E-state index in [2.05, 4.69) is 15.5 Å². The summed E-state index contributed by atoms with van der Waals surface area (Å²) in [5, 5.41) is 5.58. The molecular weight excluding hydrogens is 386 g/mol. The number of nitrogens with zero attached hydrogens (tertiary/aromatic N) is 1. The number of hydrogen-bond acceptors (Lipinski definition) is 3. The summed E-state index contributed by atoms with van der Waals surface area (Å²) in [6, 6.07) is 26.6. The van der Waals surface area contributed by atoms with E-state index in [0.717, 1.165) is 29.9 Å². The van der Waals surface area contributed by atoms with E-state index in [1.54, 1.807) is 0 Å². The van der Waals surface area contributed by atoms with Crippen molar-refractivity contribution in [3.63, 3.8) is 0 Å². The molecule has 1 aliphatic rings. The van der Waals surface area contributed by atoms with Crippen LogP contribution in [0.3, 0.4) is 0 Å². The Morgan fingerprint density at radius 1 is 0.677 bits per heavy atom. The predicted octanol–water partition coefficient (Wildman–Crippen LogP) is 4.52. The number of hydrogen-bond donors (Lipinski definition) is 2. The van der Waals surface area contributed by atoms with Crippen LogP contribution in [0.5, 0.6) is 0 Å². The average Bonchev–Trinajstić information content (AvgIpc) is 2.84. The number of piperidine rings is 1. The number of nitrogens with one attached hydrogen (secondary N) is 2. The zero-order chi connectivity index (χ0) is 21.5. The maximum Gasteiger partial charge on any atom is 0.313 e. The van der Waals surface area contributed by atoms with Crippen LogP contribution in [-0.4, -0.2) is 24.9 Å². The van der Waals surface area contributed by atoms with Crippen LogP contribution >= 0.6 is 0 Å². The van der Waals surface area contributed by atoms with Crippen LogP contribution in [0, 0.1) is 0 Å². The second kappa shape index (κ2) is 9.94. The first-order valence-corrected chi connectivity index (χ1v) is 10.8. The molecule has 2 amide bonds. The summed E-state index contributed by atoms with van der Waals surface area (Å²) in [6.45, 7) is 2.13. The summed E-state index contributed by atoms with van der Waals surface area (Å²) in [5.74, 6) is -1.35. The van der Waals surface area contributed by atoms with Crippen LogP contribution in [0.15, 0.2) is 84.9 Å². The van der Waals surface area contributed by atoms with Gasteiger partial charge in [-0.2, -0.15) is 0 Å². The molecule has 0 saturated carbocycles. The van der Waals surface area contributed by atoms with Crippen molar-refractivity contribution in [2.24, 2.45) is 0 Å². The lowest BCUT2D eigenvalue weighted by Gasteiger charge is -2.28. The quantitative estimate of drug-likeness (QED) is 0.605. The van der Waals surface area contributed by atoms with Gasteiger partial charge in [-0.1, -0.05) is 60.7 Å². The van der Waals surface area contributed by atoms with Crippen LogP contribution in [0.2, 0.25) is 0 Å². The van der Waals surface area contributed by atoms with E-state index in [4.69, 9.17) is 0 Å². The number of carbonyl (C=O) groups is 2. The summed E-state index contributed by atoms with van der Waals surface area (Å²) in [7, 11) is 0. The SMILES string of the molecule is O=C(Nc1ccc(N2CCCCC2)cc1)C(=O)NC(c1ccccc1)c1ccccc1. The van der Waals surface area contributed by atoms with E-state index >= 15 is 0 Å². The Bertz CT molecular complexity index is 958. The van der Waals surface area contributed by atoms with Gasteiger partial charge in [0.15, 0.2) is 0 Å². The molecule has 0 radical (unpaired) electrons. The summed E-state index contributed by atoms with van der Waals surface area (Å²) in [5.41, 5.74) is 3.59. The van der Waals surface area contributed by atoms with Crippen molar-refractivity contribution in [2.75, 3.05) is 23.3 Å². The molecule has 3 aromatic carbocycles. The molecule has 0 aromatic heterocycles. The largest absolute Gasteiger partial charge is 0.372 e. The molecule has 158 valence electrons. The van der Waals surface area contributed by atoms with Gasteiger partial charge in [0.1, 0.15) is 0 Å². The van der Waals surface area contributed by atoms with Gasteiger partial charge < -0.3 is 15.5 Å². The second-order valence-electron chi connectivity index (χ2n) is 7.78. The molecule has 1 heterocycles. The summed E-state index contributed by atoms with van der Waals surface area (Å²) in [6.07, 6.45) is 3.71. The van der Waals surface area contributed by atoms with Gasteiger partial charge in [-0.05, 0) is 54.7 Å². The fourth-order valence-corrected chi connectivity index (χ4v) is 3.94. The lowest BCUT2D eigenvalue weighted by Crippen LogP contribution is -2.38. The minimum Gasteiger partial charge on any atom is -0.372 e. The van der Waals surface area contributed by atoms with E-state index in [1.807, 2.05) is 84.9 Å². The van der Waals surface area contributed by atoms with E-state index in [-0.39, 0.29) is 0 Å². The molecule has 5 nitrogen and oxygen atoms in total. The molecule has 5 heteroatoms. The third-order valence-electron chi connectivity index (χ3n) is 5.59. The van der Waals surface area contributed by atoms with Gasteiger partial charge >= 0.3 is 11.8 Å². The molecule has 0 aliphatic carbocycles. The molecule has 3 aromatic rings. The van der Waals surface area contributed by atoms with Crippen LogP contribution in [0.4, 0.5) is 11.4 Å². The lowest BCUT2D eigenvalue weighted by atomic mass is 9.99. The Balaban J connectivity index is 1.42. The van der Waals surface area contributed by atoms with Crippen molar-refractivity contribution in [1.82, 2.24) is 5.32 Å². The number of anilines is 2. The Morgan fingerprint density at radius 2 is 1.23 bits per heavy atom. The standard InChI is InChI=1S/C26H27N3O2/c30-25(27-22-14-16-23(17-15-22)29-18-8-3-9-19-29)26(31)28-24(20-10-4-1-5-11-20)21-12-6-2-7-13-21/h1-2,4-7,10-17,24H,3,8-9,18-19H2,(H,27,30)(H,28,31). The highest BCUT2D eigenvalue weighted by atomic mass is 16.2. The molecule has 31 heavy (non-hydrogen) atoms. The molecule has 1 saturated heterocycles. The zero-order valence-corrected chi connectivity index (χ0v) is 17.5. The van der Waals surface area contributed by atoms with E-state index in [9.17, 15) is 9.59 Å². The molecule has 1 aliphatic heterocycles. The van der Waals surface area contributed by atoms with Crippen molar-refractivity contribution in [1.29, 1.82) is 0 Å². The molecule has 0 spiro atoms. The van der Waals surface area contributed by atoms with Gasteiger partial charge in [0.2, 0.25) is 0 Å². The molecular formula is C26H27N3O2. The molecule has 1 fully saturated rings. The Morgan fingerprint density at radius 3 is 1.77 bits per heavy atom. The molecule has 0 atom stereocenters. The summed E-state index contributed by atoms with van der Waals surface area (Å²) < 4.78 is 0. The first-order valence-electron chi connectivity index (χ1n) is 10.8. The van der Waals surface area contributed by atoms with E-state index in [1.165, 1.54) is 19.3 Å². The van der Waals surface area contributed by atoms with Crippen LogP contribution in [-0.2, 0) is 9.59 Å². The van der Waals surface area contributed by atoms with E-state index in [0.29, 0.717) is 5.69 Å². The number of carbonyl (C=O) groups excluding carboxylic acids is 2. The van der Waals surface area contributed by atoms with Crippen molar-refractivity contribution < 1.29 is 9.59 Å². The number of benzene rings is 3. The zero-order valence-electron chi connectivity index (χ0n) is 17.5. The van der Waals surface area contributed by atoms with Gasteiger partial charge in [0, 0.05) is 24.5 Å². The molecule has 2 N–H and O–H groups in total. The van der Waals surface area contributed by atoms with Crippen molar-refractivity contribution in [3.05, 3.63) is 96.1 Å². The summed E-state index contributed by atoms with van der Waals surface area (Å²) >= 11 is 0. The minimum atomic E-state index is -0.678. The molecule has 0 bridgehead atoms. The van der Waals surface area contributed by atoms with E-state index < -0.39 is 17.9 Å².